The van der Waals surface area contributed by atoms with Crippen molar-refractivity contribution >= 4 is 5.91 Å². The van der Waals surface area contributed by atoms with Crippen molar-refractivity contribution in [1.29, 1.82) is 0 Å². The average molecular weight is 422 g/mol. The predicted octanol–water partition coefficient (Wildman–Crippen LogP) is 3.49. The lowest BCUT2D eigenvalue weighted by Gasteiger charge is -2.36. The average Bonchev–Trinajstić information content (AvgIpc) is 3.41. The Bertz CT molecular complexity index is 1100. The minimum absolute atomic E-state index is 0.0804. The second kappa shape index (κ2) is 7.50. The minimum Gasteiger partial charge on any atom is -0.501 e. The Morgan fingerprint density at radius 2 is 1.94 bits per heavy atom. The van der Waals surface area contributed by atoms with Gasteiger partial charge in [-0.1, -0.05) is 43.5 Å². The maximum Gasteiger partial charge on any atom is 0.315 e. The molecule has 1 aromatic heterocycles. The normalized spacial score (nSPS) is 21.9. The van der Waals surface area contributed by atoms with E-state index < -0.39 is 11.3 Å². The summed E-state index contributed by atoms with van der Waals surface area (Å²) in [4.78, 5) is 31.8. The lowest BCUT2D eigenvalue weighted by Crippen LogP contribution is -2.47. The number of hydrogen-bond acceptors (Lipinski definition) is 4. The molecule has 6 heteroatoms. The fourth-order valence-electron chi connectivity index (χ4n) is 6.07. The van der Waals surface area contributed by atoms with Crippen molar-refractivity contribution in [2.75, 3.05) is 6.54 Å². The van der Waals surface area contributed by atoms with E-state index in [1.807, 2.05) is 9.47 Å². The highest BCUT2D eigenvalue weighted by molar-refractivity contribution is 5.96. The first kappa shape index (κ1) is 20.3. The van der Waals surface area contributed by atoms with Gasteiger partial charge in [0.2, 0.25) is 5.75 Å². The molecule has 31 heavy (non-hydrogen) atoms. The predicted molar refractivity (Wildman–Crippen MR) is 119 cm³/mol. The zero-order valence-corrected chi connectivity index (χ0v) is 18.5. The Morgan fingerprint density at radius 1 is 1.16 bits per heavy atom. The van der Waals surface area contributed by atoms with Gasteiger partial charge >= 0.3 is 5.56 Å². The third kappa shape index (κ3) is 3.27. The molecule has 3 aliphatic rings. The van der Waals surface area contributed by atoms with Gasteiger partial charge in [-0.3, -0.25) is 9.59 Å². The highest BCUT2D eigenvalue weighted by atomic mass is 16.3. The van der Waals surface area contributed by atoms with E-state index in [1.165, 1.54) is 16.7 Å². The summed E-state index contributed by atoms with van der Waals surface area (Å²) in [6.07, 6.45) is 7.95. The molecule has 0 spiro atoms. The zero-order chi connectivity index (χ0) is 21.8. The summed E-state index contributed by atoms with van der Waals surface area (Å²) in [5.41, 5.74) is 3.29. The van der Waals surface area contributed by atoms with Gasteiger partial charge in [0, 0.05) is 24.9 Å². The summed E-state index contributed by atoms with van der Waals surface area (Å²) in [7, 11) is 0. The molecular weight excluding hydrogens is 390 g/mol. The number of carbonyl (C=O) groups excluding carboxylic acids is 1. The van der Waals surface area contributed by atoms with Crippen LogP contribution in [0.5, 0.6) is 5.75 Å². The van der Waals surface area contributed by atoms with Gasteiger partial charge < -0.3 is 14.6 Å². The number of rotatable bonds is 4. The summed E-state index contributed by atoms with van der Waals surface area (Å²) < 4.78 is 1.86. The van der Waals surface area contributed by atoms with Gasteiger partial charge in [-0.25, -0.2) is 0 Å². The number of hydrogen-bond donors (Lipinski definition) is 1. The van der Waals surface area contributed by atoms with Gasteiger partial charge in [0.05, 0.1) is 6.04 Å². The molecule has 6 nitrogen and oxygen atoms in total. The number of nitrogens with zero attached hydrogens (tertiary/aromatic N) is 3. The fraction of sp³-hybridized carbons (Fsp3) is 0.560. The van der Waals surface area contributed by atoms with Crippen LogP contribution in [0.4, 0.5) is 0 Å². The van der Waals surface area contributed by atoms with Crippen molar-refractivity contribution in [3.05, 3.63) is 56.8 Å². The van der Waals surface area contributed by atoms with Gasteiger partial charge in [0.1, 0.15) is 5.82 Å². The van der Waals surface area contributed by atoms with Crippen LogP contribution < -0.4 is 5.56 Å². The molecule has 164 valence electrons. The molecule has 2 aromatic rings. The van der Waals surface area contributed by atoms with E-state index in [0.29, 0.717) is 25.3 Å². The number of amides is 1. The summed E-state index contributed by atoms with van der Waals surface area (Å²) >= 11 is 0. The number of carbonyl (C=O) groups is 1. The van der Waals surface area contributed by atoms with Crippen LogP contribution >= 0.6 is 0 Å². The van der Waals surface area contributed by atoms with Crippen LogP contribution in [0.2, 0.25) is 0 Å². The summed E-state index contributed by atoms with van der Waals surface area (Å²) in [6, 6.07) is 6.97. The topological polar surface area (TPSA) is 75.4 Å². The lowest BCUT2D eigenvalue weighted by molar-refractivity contribution is 0.0655. The number of fused-ring (bicyclic) bond motifs is 2. The monoisotopic (exact) mass is 421 g/mol. The SMILES string of the molecule is CCc1cc(C)cc(C2(Cc3nc(=O)c(O)c4n3CC3CCCN3C4=O)CCCC2)c1. The van der Waals surface area contributed by atoms with Gasteiger partial charge in [-0.05, 0) is 50.2 Å². The first-order chi connectivity index (χ1) is 14.9. The van der Waals surface area contributed by atoms with Crippen LogP contribution in [0.25, 0.3) is 0 Å². The van der Waals surface area contributed by atoms with Crippen LogP contribution in [0.1, 0.15) is 78.5 Å². The molecule has 1 saturated heterocycles. The molecule has 1 unspecified atom stereocenters. The first-order valence-electron chi connectivity index (χ1n) is 11.7. The van der Waals surface area contributed by atoms with Crippen LogP contribution in [-0.4, -0.2) is 38.1 Å². The van der Waals surface area contributed by atoms with Gasteiger partial charge in [0.25, 0.3) is 5.91 Å². The largest absolute Gasteiger partial charge is 0.501 e. The van der Waals surface area contributed by atoms with E-state index >= 15 is 0 Å². The molecule has 1 aromatic carbocycles. The molecule has 1 saturated carbocycles. The van der Waals surface area contributed by atoms with Crippen molar-refractivity contribution < 1.29 is 9.90 Å². The van der Waals surface area contributed by atoms with Crippen LogP contribution in [-0.2, 0) is 24.8 Å². The maximum atomic E-state index is 13.1. The molecule has 1 atom stereocenters. The number of aromatic nitrogens is 2. The van der Waals surface area contributed by atoms with Gasteiger partial charge in [0.15, 0.2) is 5.69 Å². The Labute approximate surface area is 182 Å². The Morgan fingerprint density at radius 3 is 2.68 bits per heavy atom. The van der Waals surface area contributed by atoms with Crippen molar-refractivity contribution in [2.45, 2.75) is 83.2 Å². The van der Waals surface area contributed by atoms with Crippen molar-refractivity contribution in [3.8, 4) is 5.75 Å². The van der Waals surface area contributed by atoms with Crippen LogP contribution in [0.15, 0.2) is 23.0 Å². The number of benzene rings is 1. The summed E-state index contributed by atoms with van der Waals surface area (Å²) in [5.74, 6) is -0.0705. The Balaban J connectivity index is 1.62. The number of aryl methyl sites for hydroxylation is 2. The first-order valence-corrected chi connectivity index (χ1v) is 11.7. The van der Waals surface area contributed by atoms with Crippen molar-refractivity contribution in [2.24, 2.45) is 0 Å². The Hall–Kier alpha value is -2.63. The highest BCUT2D eigenvalue weighted by Crippen LogP contribution is 2.44. The molecule has 2 fully saturated rings. The van der Waals surface area contributed by atoms with Crippen molar-refractivity contribution in [1.82, 2.24) is 14.5 Å². The molecule has 1 aliphatic carbocycles. The summed E-state index contributed by atoms with van der Waals surface area (Å²) in [6.45, 7) is 5.63. The smallest absolute Gasteiger partial charge is 0.315 e. The third-order valence-corrected chi connectivity index (χ3v) is 7.69. The molecule has 5 rings (SSSR count). The lowest BCUT2D eigenvalue weighted by atomic mass is 9.74. The van der Waals surface area contributed by atoms with E-state index in [-0.39, 0.29) is 23.1 Å². The summed E-state index contributed by atoms with van der Waals surface area (Å²) in [5, 5.41) is 10.5. The minimum atomic E-state index is -0.682. The van der Waals surface area contributed by atoms with Gasteiger partial charge in [-0.15, -0.1) is 0 Å². The second-order valence-corrected chi connectivity index (χ2v) is 9.66. The second-order valence-electron chi connectivity index (χ2n) is 9.66. The van der Waals surface area contributed by atoms with E-state index in [9.17, 15) is 14.7 Å². The highest BCUT2D eigenvalue weighted by Gasteiger charge is 2.42. The standard InChI is InChI=1S/C25H31N3O3/c1-3-17-11-16(2)12-18(13-17)25(8-4-5-9-25)14-20-26-23(30)22(29)21-24(31)27-10-6-7-19(27)15-28(20)21/h11-13,19,29H,3-10,14-15H2,1-2H3. The van der Waals surface area contributed by atoms with Crippen LogP contribution in [0, 0.1) is 6.92 Å². The molecule has 1 amide bonds. The zero-order valence-electron chi connectivity index (χ0n) is 18.5. The third-order valence-electron chi connectivity index (χ3n) is 7.69. The Kier molecular flexibility index (Phi) is 4.91. The molecule has 0 bridgehead atoms. The quantitative estimate of drug-likeness (QED) is 0.820. The van der Waals surface area contributed by atoms with E-state index in [1.54, 1.807) is 0 Å². The van der Waals surface area contributed by atoms with Crippen LogP contribution in [0.3, 0.4) is 0 Å². The van der Waals surface area contributed by atoms with E-state index in [0.717, 1.165) is 44.9 Å². The van der Waals surface area contributed by atoms with E-state index in [2.05, 4.69) is 37.0 Å². The maximum absolute atomic E-state index is 13.1. The molecule has 2 aliphatic heterocycles. The van der Waals surface area contributed by atoms with Gasteiger partial charge in [-0.2, -0.15) is 4.98 Å². The van der Waals surface area contributed by atoms with E-state index in [4.69, 9.17) is 0 Å². The molecular formula is C25H31N3O3. The molecule has 3 heterocycles. The molecule has 0 radical (unpaired) electrons. The number of aromatic hydroxyl groups is 1. The van der Waals surface area contributed by atoms with Crippen molar-refractivity contribution in [3.63, 3.8) is 0 Å². The fourth-order valence-corrected chi connectivity index (χ4v) is 6.07. The molecule has 1 N–H and O–H groups in total.